The number of aliphatic hydroxyl groups is 1. The lowest BCUT2D eigenvalue weighted by atomic mass is 9.78. The van der Waals surface area contributed by atoms with Crippen LogP contribution in [-0.2, 0) is 11.3 Å². The molecule has 0 bridgehead atoms. The zero-order valence-electron chi connectivity index (χ0n) is 16.3. The molecule has 1 aromatic heterocycles. The van der Waals surface area contributed by atoms with Crippen molar-refractivity contribution in [2.45, 2.75) is 31.6 Å². The van der Waals surface area contributed by atoms with Crippen LogP contribution in [0.25, 0.3) is 0 Å². The molecule has 7 heteroatoms. The highest BCUT2D eigenvalue weighted by molar-refractivity contribution is 5.89. The standard InChI is InChI=1S/C22H25FN2O4/c1-28-22(27)14-4-2-5-17(8-14)29-21-10-16-12-25(11-15(16)9-20(21)26)13-19-18(23)6-3-7-24-19/h2-8,15-16,20-21,26H,9-13H2,1H3/t15-,16+,20+,21+/m0/s1. The first kappa shape index (κ1) is 19.8. The third kappa shape index (κ3) is 4.41. The molecule has 2 heterocycles. The van der Waals surface area contributed by atoms with E-state index in [1.165, 1.54) is 13.2 Å². The van der Waals surface area contributed by atoms with Gasteiger partial charge in [0.15, 0.2) is 0 Å². The molecule has 0 unspecified atom stereocenters. The van der Waals surface area contributed by atoms with Gasteiger partial charge in [0.2, 0.25) is 0 Å². The summed E-state index contributed by atoms with van der Waals surface area (Å²) in [4.78, 5) is 18.1. The average Bonchev–Trinajstić information content (AvgIpc) is 3.10. The molecule has 0 amide bonds. The Morgan fingerprint density at radius 1 is 1.24 bits per heavy atom. The largest absolute Gasteiger partial charge is 0.488 e. The van der Waals surface area contributed by atoms with Crippen molar-refractivity contribution in [2.24, 2.45) is 11.8 Å². The van der Waals surface area contributed by atoms with Crippen LogP contribution in [0, 0.1) is 17.7 Å². The molecule has 29 heavy (non-hydrogen) atoms. The van der Waals surface area contributed by atoms with Crippen molar-refractivity contribution in [3.8, 4) is 5.75 Å². The molecule has 4 atom stereocenters. The minimum atomic E-state index is -0.579. The number of rotatable bonds is 5. The van der Waals surface area contributed by atoms with Crippen LogP contribution in [0.1, 0.15) is 28.9 Å². The van der Waals surface area contributed by atoms with E-state index < -0.39 is 12.1 Å². The van der Waals surface area contributed by atoms with Gasteiger partial charge in [-0.1, -0.05) is 6.07 Å². The highest BCUT2D eigenvalue weighted by atomic mass is 19.1. The number of ether oxygens (including phenoxy) is 2. The maximum absolute atomic E-state index is 13.9. The van der Waals surface area contributed by atoms with Crippen LogP contribution in [0.5, 0.6) is 5.75 Å². The maximum atomic E-state index is 13.9. The number of hydrogen-bond donors (Lipinski definition) is 1. The smallest absolute Gasteiger partial charge is 0.337 e. The minimum absolute atomic E-state index is 0.283. The predicted octanol–water partition coefficient (Wildman–Crippen LogP) is 2.66. The van der Waals surface area contributed by atoms with Crippen LogP contribution in [-0.4, -0.2) is 53.4 Å². The predicted molar refractivity (Wildman–Crippen MR) is 104 cm³/mol. The van der Waals surface area contributed by atoms with Gasteiger partial charge in [-0.25, -0.2) is 9.18 Å². The summed E-state index contributed by atoms with van der Waals surface area (Å²) < 4.78 is 24.7. The third-order valence-electron chi connectivity index (χ3n) is 5.91. The summed E-state index contributed by atoms with van der Waals surface area (Å²) in [5, 5.41) is 10.6. The van der Waals surface area contributed by atoms with E-state index in [1.807, 2.05) is 0 Å². The van der Waals surface area contributed by atoms with Crippen molar-refractivity contribution in [3.63, 3.8) is 0 Å². The van der Waals surface area contributed by atoms with E-state index in [9.17, 15) is 14.3 Å². The Morgan fingerprint density at radius 3 is 2.79 bits per heavy atom. The van der Waals surface area contributed by atoms with E-state index in [2.05, 4.69) is 9.88 Å². The first-order chi connectivity index (χ1) is 14.0. The molecule has 2 aliphatic rings. The Labute approximate surface area is 169 Å². The van der Waals surface area contributed by atoms with Crippen LogP contribution in [0.3, 0.4) is 0 Å². The number of methoxy groups -OCH3 is 1. The molecule has 6 nitrogen and oxygen atoms in total. The second-order valence-electron chi connectivity index (χ2n) is 7.86. The first-order valence-electron chi connectivity index (χ1n) is 9.88. The molecule has 1 saturated carbocycles. The summed E-state index contributed by atoms with van der Waals surface area (Å²) in [6.45, 7) is 2.13. The normalized spacial score (nSPS) is 26.7. The van der Waals surface area contributed by atoms with Gasteiger partial charge in [0.05, 0.1) is 24.5 Å². The summed E-state index contributed by atoms with van der Waals surface area (Å²) >= 11 is 0. The number of aromatic nitrogens is 1. The lowest BCUT2D eigenvalue weighted by molar-refractivity contribution is -0.0231. The highest BCUT2D eigenvalue weighted by Gasteiger charge is 2.42. The molecule has 0 spiro atoms. The molecular weight excluding hydrogens is 375 g/mol. The molecule has 2 aromatic rings. The van der Waals surface area contributed by atoms with Gasteiger partial charge in [-0.15, -0.1) is 0 Å². The number of carbonyl (C=O) groups is 1. The van der Waals surface area contributed by atoms with Crippen molar-refractivity contribution >= 4 is 5.97 Å². The van der Waals surface area contributed by atoms with Crippen LogP contribution in [0.2, 0.25) is 0 Å². The Kier molecular flexibility index (Phi) is 5.78. The van der Waals surface area contributed by atoms with E-state index in [0.717, 1.165) is 19.5 Å². The van der Waals surface area contributed by atoms with Crippen molar-refractivity contribution in [1.29, 1.82) is 0 Å². The fourth-order valence-corrected chi connectivity index (χ4v) is 4.48. The van der Waals surface area contributed by atoms with E-state index in [4.69, 9.17) is 9.47 Å². The van der Waals surface area contributed by atoms with E-state index in [1.54, 1.807) is 36.5 Å². The van der Waals surface area contributed by atoms with Gasteiger partial charge in [0, 0.05) is 25.8 Å². The second-order valence-corrected chi connectivity index (χ2v) is 7.86. The molecule has 154 valence electrons. The highest BCUT2D eigenvalue weighted by Crippen LogP contribution is 2.38. The Balaban J connectivity index is 1.39. The average molecular weight is 400 g/mol. The summed E-state index contributed by atoms with van der Waals surface area (Å²) in [5.41, 5.74) is 0.872. The number of benzene rings is 1. The number of aliphatic hydroxyl groups excluding tert-OH is 1. The molecule has 1 aliphatic carbocycles. The third-order valence-corrected chi connectivity index (χ3v) is 5.91. The number of halogens is 1. The van der Waals surface area contributed by atoms with Crippen LogP contribution >= 0.6 is 0 Å². The molecule has 4 rings (SSSR count). The molecule has 1 saturated heterocycles. The molecular formula is C22H25FN2O4. The second kappa shape index (κ2) is 8.47. The number of fused-ring (bicyclic) bond motifs is 1. The van der Waals surface area contributed by atoms with Crippen LogP contribution in [0.4, 0.5) is 4.39 Å². The fraction of sp³-hybridized carbons (Fsp3) is 0.455. The SMILES string of the molecule is COC(=O)c1cccc(O[C@@H]2C[C@@H]3CN(Cc4ncccc4F)C[C@@H]3C[C@H]2O)c1. The number of likely N-dealkylation sites (tertiary alicyclic amines) is 1. The Morgan fingerprint density at radius 2 is 2.03 bits per heavy atom. The fourth-order valence-electron chi connectivity index (χ4n) is 4.48. The number of carbonyl (C=O) groups excluding carboxylic acids is 1. The summed E-state index contributed by atoms with van der Waals surface area (Å²) in [5.74, 6) is 0.569. The monoisotopic (exact) mass is 400 g/mol. The van der Waals surface area contributed by atoms with Gasteiger partial charge in [0.25, 0.3) is 0 Å². The summed E-state index contributed by atoms with van der Waals surface area (Å²) in [6.07, 6.45) is 2.06. The lowest BCUT2D eigenvalue weighted by Crippen LogP contribution is -2.42. The summed E-state index contributed by atoms with van der Waals surface area (Å²) in [7, 11) is 1.34. The van der Waals surface area contributed by atoms with Gasteiger partial charge in [-0.3, -0.25) is 9.88 Å². The topological polar surface area (TPSA) is 71.9 Å². The number of esters is 1. The molecule has 1 aliphatic heterocycles. The zero-order valence-corrected chi connectivity index (χ0v) is 16.3. The lowest BCUT2D eigenvalue weighted by Gasteiger charge is -2.35. The van der Waals surface area contributed by atoms with Crippen molar-refractivity contribution in [1.82, 2.24) is 9.88 Å². The minimum Gasteiger partial charge on any atom is -0.488 e. The van der Waals surface area contributed by atoms with Gasteiger partial charge in [-0.2, -0.15) is 0 Å². The number of nitrogens with zero attached hydrogens (tertiary/aromatic N) is 2. The number of pyridine rings is 1. The first-order valence-corrected chi connectivity index (χ1v) is 9.88. The van der Waals surface area contributed by atoms with Crippen molar-refractivity contribution in [3.05, 3.63) is 59.7 Å². The summed E-state index contributed by atoms with van der Waals surface area (Å²) in [6, 6.07) is 9.83. The van der Waals surface area contributed by atoms with Gasteiger partial charge in [-0.05, 0) is 55.0 Å². The molecule has 2 fully saturated rings. The zero-order chi connectivity index (χ0) is 20.4. The molecule has 1 N–H and O–H groups in total. The van der Waals surface area contributed by atoms with E-state index in [-0.39, 0.29) is 11.9 Å². The molecule has 0 radical (unpaired) electrons. The Hall–Kier alpha value is -2.51. The van der Waals surface area contributed by atoms with Gasteiger partial charge >= 0.3 is 5.97 Å². The molecule has 1 aromatic carbocycles. The Bertz CT molecular complexity index is 877. The van der Waals surface area contributed by atoms with E-state index in [0.29, 0.717) is 41.8 Å². The van der Waals surface area contributed by atoms with Crippen LogP contribution < -0.4 is 4.74 Å². The van der Waals surface area contributed by atoms with E-state index >= 15 is 0 Å². The number of hydrogen-bond acceptors (Lipinski definition) is 6. The van der Waals surface area contributed by atoms with Crippen molar-refractivity contribution < 1.29 is 23.8 Å². The quantitative estimate of drug-likeness (QED) is 0.778. The van der Waals surface area contributed by atoms with Crippen LogP contribution in [0.15, 0.2) is 42.6 Å². The van der Waals surface area contributed by atoms with Crippen molar-refractivity contribution in [2.75, 3.05) is 20.2 Å². The maximum Gasteiger partial charge on any atom is 0.337 e. The van der Waals surface area contributed by atoms with Gasteiger partial charge < -0.3 is 14.6 Å². The van der Waals surface area contributed by atoms with Gasteiger partial charge in [0.1, 0.15) is 17.7 Å².